The summed E-state index contributed by atoms with van der Waals surface area (Å²) in [5.74, 6) is 0.0642. The van der Waals surface area contributed by atoms with Crippen molar-refractivity contribution in [3.8, 4) is 0 Å². The van der Waals surface area contributed by atoms with Gasteiger partial charge in [-0.3, -0.25) is 4.79 Å². The normalized spacial score (nSPS) is 33.2. The summed E-state index contributed by atoms with van der Waals surface area (Å²) in [6.07, 6.45) is 0.878. The standard InChI is InChI=1S/C7H12O3/c1-3-5-4-6(8)7(9-2)10-5/h5,7H,3-4H2,1-2H3/t5-,7-/m1/s1. The topological polar surface area (TPSA) is 35.5 Å². The summed E-state index contributed by atoms with van der Waals surface area (Å²) in [5.41, 5.74) is 0. The smallest absolute Gasteiger partial charge is 0.217 e. The van der Waals surface area contributed by atoms with Gasteiger partial charge in [0.2, 0.25) is 6.29 Å². The van der Waals surface area contributed by atoms with Gasteiger partial charge in [0, 0.05) is 13.5 Å². The molecule has 0 aromatic rings. The van der Waals surface area contributed by atoms with Crippen molar-refractivity contribution in [2.24, 2.45) is 0 Å². The number of hydrogen-bond acceptors (Lipinski definition) is 3. The number of carbonyl (C=O) groups excluding carboxylic acids is 1. The molecule has 0 aliphatic carbocycles. The molecule has 1 heterocycles. The maximum Gasteiger partial charge on any atom is 0.217 e. The Morgan fingerprint density at radius 3 is 2.80 bits per heavy atom. The zero-order chi connectivity index (χ0) is 7.56. The van der Waals surface area contributed by atoms with Crippen molar-refractivity contribution in [1.82, 2.24) is 0 Å². The molecule has 2 atom stereocenters. The van der Waals surface area contributed by atoms with Crippen LogP contribution in [-0.2, 0) is 14.3 Å². The van der Waals surface area contributed by atoms with Crippen LogP contribution in [0.3, 0.4) is 0 Å². The van der Waals surface area contributed by atoms with Gasteiger partial charge in [-0.2, -0.15) is 0 Å². The predicted molar refractivity (Wildman–Crippen MR) is 35.6 cm³/mol. The van der Waals surface area contributed by atoms with Crippen molar-refractivity contribution in [3.05, 3.63) is 0 Å². The molecule has 58 valence electrons. The summed E-state index contributed by atoms with van der Waals surface area (Å²) in [6, 6.07) is 0. The minimum Gasteiger partial charge on any atom is -0.349 e. The van der Waals surface area contributed by atoms with Crippen molar-refractivity contribution < 1.29 is 14.3 Å². The van der Waals surface area contributed by atoms with Crippen LogP contribution in [0.15, 0.2) is 0 Å². The highest BCUT2D eigenvalue weighted by Crippen LogP contribution is 2.18. The van der Waals surface area contributed by atoms with Gasteiger partial charge in [-0.15, -0.1) is 0 Å². The highest BCUT2D eigenvalue weighted by Gasteiger charge is 2.31. The number of methoxy groups -OCH3 is 1. The molecule has 0 N–H and O–H groups in total. The maximum atomic E-state index is 10.9. The zero-order valence-corrected chi connectivity index (χ0v) is 6.29. The van der Waals surface area contributed by atoms with Crippen molar-refractivity contribution in [2.75, 3.05) is 7.11 Å². The molecule has 1 aliphatic rings. The number of rotatable bonds is 2. The molecule has 0 unspecified atom stereocenters. The Labute approximate surface area is 60.3 Å². The van der Waals surface area contributed by atoms with Crippen LogP contribution in [0.2, 0.25) is 0 Å². The first-order valence-electron chi connectivity index (χ1n) is 3.49. The van der Waals surface area contributed by atoms with E-state index >= 15 is 0 Å². The molecular weight excluding hydrogens is 132 g/mol. The first kappa shape index (κ1) is 7.69. The molecule has 10 heavy (non-hydrogen) atoms. The minimum atomic E-state index is -0.593. The lowest BCUT2D eigenvalue weighted by atomic mass is 10.2. The Bertz CT molecular complexity index is 133. The van der Waals surface area contributed by atoms with Gasteiger partial charge >= 0.3 is 0 Å². The molecule has 0 aromatic heterocycles. The first-order valence-corrected chi connectivity index (χ1v) is 3.49. The number of ketones is 1. The van der Waals surface area contributed by atoms with Crippen LogP contribution in [0, 0.1) is 0 Å². The largest absolute Gasteiger partial charge is 0.349 e. The molecule has 3 nitrogen and oxygen atoms in total. The fourth-order valence-electron chi connectivity index (χ4n) is 1.05. The van der Waals surface area contributed by atoms with Crippen molar-refractivity contribution in [2.45, 2.75) is 32.2 Å². The van der Waals surface area contributed by atoms with E-state index < -0.39 is 6.29 Å². The quantitative estimate of drug-likeness (QED) is 0.573. The van der Waals surface area contributed by atoms with Gasteiger partial charge in [0.15, 0.2) is 5.78 Å². The van der Waals surface area contributed by atoms with Crippen LogP contribution in [0.1, 0.15) is 19.8 Å². The fourth-order valence-corrected chi connectivity index (χ4v) is 1.05. The number of hydrogen-bond donors (Lipinski definition) is 0. The monoisotopic (exact) mass is 144 g/mol. The van der Waals surface area contributed by atoms with E-state index in [0.717, 1.165) is 6.42 Å². The van der Waals surface area contributed by atoms with E-state index in [1.165, 1.54) is 7.11 Å². The lowest BCUT2D eigenvalue weighted by molar-refractivity contribution is -0.150. The third-order valence-corrected chi connectivity index (χ3v) is 1.68. The second kappa shape index (κ2) is 3.12. The van der Waals surface area contributed by atoms with E-state index in [2.05, 4.69) is 0 Å². The van der Waals surface area contributed by atoms with Gasteiger partial charge in [-0.25, -0.2) is 0 Å². The van der Waals surface area contributed by atoms with E-state index in [0.29, 0.717) is 6.42 Å². The van der Waals surface area contributed by atoms with Crippen LogP contribution in [0.4, 0.5) is 0 Å². The summed E-state index contributed by atoms with van der Waals surface area (Å²) in [7, 11) is 1.49. The van der Waals surface area contributed by atoms with E-state index in [-0.39, 0.29) is 11.9 Å². The van der Waals surface area contributed by atoms with Crippen LogP contribution < -0.4 is 0 Å². The van der Waals surface area contributed by atoms with Crippen molar-refractivity contribution in [3.63, 3.8) is 0 Å². The molecule has 1 saturated heterocycles. The lowest BCUT2D eigenvalue weighted by Crippen LogP contribution is -2.17. The summed E-state index contributed by atoms with van der Waals surface area (Å²) < 4.78 is 9.98. The molecule has 3 heteroatoms. The average molecular weight is 144 g/mol. The van der Waals surface area contributed by atoms with Gasteiger partial charge in [0.25, 0.3) is 0 Å². The van der Waals surface area contributed by atoms with Gasteiger partial charge in [-0.05, 0) is 6.42 Å². The molecule has 0 radical (unpaired) electrons. The van der Waals surface area contributed by atoms with Gasteiger partial charge in [0.05, 0.1) is 6.10 Å². The second-order valence-corrected chi connectivity index (χ2v) is 2.40. The molecule has 0 saturated carbocycles. The molecule has 1 aliphatic heterocycles. The number of carbonyl (C=O) groups is 1. The molecule has 0 bridgehead atoms. The molecule has 0 amide bonds. The van der Waals surface area contributed by atoms with E-state index in [4.69, 9.17) is 9.47 Å². The zero-order valence-electron chi connectivity index (χ0n) is 6.29. The fraction of sp³-hybridized carbons (Fsp3) is 0.857. The van der Waals surface area contributed by atoms with Crippen LogP contribution in [0.5, 0.6) is 0 Å². The van der Waals surface area contributed by atoms with Crippen LogP contribution in [-0.4, -0.2) is 25.3 Å². The van der Waals surface area contributed by atoms with E-state index in [1.807, 2.05) is 6.92 Å². The molecule has 0 spiro atoms. The first-order chi connectivity index (χ1) is 4.77. The Hall–Kier alpha value is -0.410. The summed E-state index contributed by atoms with van der Waals surface area (Å²) >= 11 is 0. The highest BCUT2D eigenvalue weighted by molar-refractivity contribution is 5.83. The molecular formula is C7H12O3. The predicted octanol–water partition coefficient (Wildman–Crippen LogP) is 0.727. The van der Waals surface area contributed by atoms with Crippen molar-refractivity contribution >= 4 is 5.78 Å². The maximum absolute atomic E-state index is 10.9. The molecule has 1 rings (SSSR count). The number of Topliss-reactive ketones (excluding diaryl/α,β-unsaturated/α-hetero) is 1. The number of ether oxygens (including phenoxy) is 2. The summed E-state index contributed by atoms with van der Waals surface area (Å²) in [5, 5.41) is 0. The Morgan fingerprint density at radius 1 is 1.80 bits per heavy atom. The van der Waals surface area contributed by atoms with Gasteiger partial charge < -0.3 is 9.47 Å². The summed E-state index contributed by atoms with van der Waals surface area (Å²) in [6.45, 7) is 2.00. The average Bonchev–Trinajstić information content (AvgIpc) is 2.30. The highest BCUT2D eigenvalue weighted by atomic mass is 16.7. The van der Waals surface area contributed by atoms with E-state index in [1.54, 1.807) is 0 Å². The van der Waals surface area contributed by atoms with Crippen LogP contribution >= 0.6 is 0 Å². The third kappa shape index (κ3) is 1.36. The van der Waals surface area contributed by atoms with Crippen molar-refractivity contribution in [1.29, 1.82) is 0 Å². The van der Waals surface area contributed by atoms with E-state index in [9.17, 15) is 4.79 Å². The minimum absolute atomic E-state index is 0.0642. The SMILES string of the molecule is CC[C@@H]1CC(=O)[C@H](OC)O1. The Morgan fingerprint density at radius 2 is 2.50 bits per heavy atom. The lowest BCUT2D eigenvalue weighted by Gasteiger charge is -2.07. The Kier molecular flexibility index (Phi) is 2.40. The second-order valence-electron chi connectivity index (χ2n) is 2.40. The molecule has 1 fully saturated rings. The Balaban J connectivity index is 2.44. The molecule has 0 aromatic carbocycles. The van der Waals surface area contributed by atoms with Crippen LogP contribution in [0.25, 0.3) is 0 Å². The van der Waals surface area contributed by atoms with Gasteiger partial charge in [-0.1, -0.05) is 6.92 Å². The summed E-state index contributed by atoms with van der Waals surface area (Å²) in [4.78, 5) is 10.9. The third-order valence-electron chi connectivity index (χ3n) is 1.68. The van der Waals surface area contributed by atoms with Gasteiger partial charge in [0.1, 0.15) is 0 Å².